The van der Waals surface area contributed by atoms with E-state index in [0.29, 0.717) is 27.3 Å². The van der Waals surface area contributed by atoms with Crippen LogP contribution in [0, 0.1) is 23.0 Å². The Balaban J connectivity index is 1.69. The Kier molecular flexibility index (Phi) is 8.93. The summed E-state index contributed by atoms with van der Waals surface area (Å²) in [6.07, 6.45) is 0. The standard InChI is InChI=1S/C23H24Cl2N6O4S/c1-12(2)20(27-22(33)16-8-6-14(24)9-17(16)25)21-28-29-23(30(21)4)36-11-19(32)26-18-10-15(31(34)35)7-5-13(18)3/h5-10,12,20H,11H2,1-4H3,(H,26,32)(H,27,33)/t20-/m1/s1. The highest BCUT2D eigenvalue weighted by molar-refractivity contribution is 7.99. The van der Waals surface area contributed by atoms with Crippen molar-refractivity contribution in [2.75, 3.05) is 11.1 Å². The molecule has 0 fully saturated rings. The predicted octanol–water partition coefficient (Wildman–Crippen LogP) is 5.20. The van der Waals surface area contributed by atoms with Crippen molar-refractivity contribution in [2.24, 2.45) is 13.0 Å². The number of non-ortho nitro benzene ring substituents is 1. The van der Waals surface area contributed by atoms with Crippen molar-refractivity contribution >= 4 is 58.2 Å². The van der Waals surface area contributed by atoms with E-state index >= 15 is 0 Å². The Hall–Kier alpha value is -3.15. The summed E-state index contributed by atoms with van der Waals surface area (Å²) in [6, 6.07) is 8.44. The molecule has 13 heteroatoms. The van der Waals surface area contributed by atoms with E-state index in [1.807, 2.05) is 13.8 Å². The highest BCUT2D eigenvalue weighted by Gasteiger charge is 2.26. The molecule has 3 rings (SSSR count). The number of halogens is 2. The molecule has 0 saturated carbocycles. The van der Waals surface area contributed by atoms with Crippen molar-refractivity contribution in [3.05, 3.63) is 73.5 Å². The van der Waals surface area contributed by atoms with Crippen LogP contribution in [-0.2, 0) is 11.8 Å². The number of benzene rings is 2. The van der Waals surface area contributed by atoms with Gasteiger partial charge in [0.05, 0.1) is 33.0 Å². The van der Waals surface area contributed by atoms with Crippen LogP contribution in [0.4, 0.5) is 11.4 Å². The van der Waals surface area contributed by atoms with Gasteiger partial charge in [0, 0.05) is 24.2 Å². The minimum Gasteiger partial charge on any atom is -0.342 e. The first-order chi connectivity index (χ1) is 17.0. The molecule has 2 N–H and O–H groups in total. The van der Waals surface area contributed by atoms with Crippen molar-refractivity contribution in [1.29, 1.82) is 0 Å². The maximum Gasteiger partial charge on any atom is 0.271 e. The minimum atomic E-state index is -0.518. The van der Waals surface area contributed by atoms with Crippen LogP contribution in [0.15, 0.2) is 41.6 Å². The lowest BCUT2D eigenvalue weighted by atomic mass is 10.0. The average Bonchev–Trinajstić information content (AvgIpc) is 3.16. The molecule has 0 aliphatic carbocycles. The van der Waals surface area contributed by atoms with Crippen molar-refractivity contribution in [3.63, 3.8) is 0 Å². The van der Waals surface area contributed by atoms with Crippen LogP contribution in [0.5, 0.6) is 0 Å². The fraction of sp³-hybridized carbons (Fsp3) is 0.304. The minimum absolute atomic E-state index is 0.00714. The van der Waals surface area contributed by atoms with Gasteiger partial charge in [-0.2, -0.15) is 0 Å². The van der Waals surface area contributed by atoms with E-state index in [1.165, 1.54) is 18.2 Å². The number of carbonyl (C=O) groups excluding carboxylic acids is 2. The molecular weight excluding hydrogens is 527 g/mol. The zero-order valence-corrected chi connectivity index (χ0v) is 22.2. The number of carbonyl (C=O) groups is 2. The molecule has 0 saturated heterocycles. The van der Waals surface area contributed by atoms with Gasteiger partial charge in [-0.25, -0.2) is 0 Å². The number of thioether (sulfide) groups is 1. The van der Waals surface area contributed by atoms with Gasteiger partial charge in [0.15, 0.2) is 11.0 Å². The van der Waals surface area contributed by atoms with E-state index in [1.54, 1.807) is 36.7 Å². The van der Waals surface area contributed by atoms with Gasteiger partial charge in [-0.3, -0.25) is 19.7 Å². The normalized spacial score (nSPS) is 11.9. The Labute approximate surface area is 221 Å². The van der Waals surface area contributed by atoms with Crippen molar-refractivity contribution in [3.8, 4) is 0 Å². The van der Waals surface area contributed by atoms with E-state index in [-0.39, 0.29) is 39.8 Å². The quantitative estimate of drug-likeness (QED) is 0.212. The predicted molar refractivity (Wildman–Crippen MR) is 140 cm³/mol. The summed E-state index contributed by atoms with van der Waals surface area (Å²) in [6.45, 7) is 5.62. The Morgan fingerprint density at radius 3 is 2.53 bits per heavy atom. The summed E-state index contributed by atoms with van der Waals surface area (Å²) < 4.78 is 1.71. The molecule has 190 valence electrons. The first-order valence-electron chi connectivity index (χ1n) is 10.8. The maximum absolute atomic E-state index is 12.9. The number of hydrogen-bond donors (Lipinski definition) is 2. The molecule has 36 heavy (non-hydrogen) atoms. The summed E-state index contributed by atoms with van der Waals surface area (Å²) in [5, 5.41) is 26.2. The van der Waals surface area contributed by atoms with E-state index in [2.05, 4.69) is 20.8 Å². The summed E-state index contributed by atoms with van der Waals surface area (Å²) >= 11 is 13.3. The number of anilines is 1. The lowest BCUT2D eigenvalue weighted by Gasteiger charge is -2.22. The Morgan fingerprint density at radius 1 is 1.17 bits per heavy atom. The molecule has 3 aromatic rings. The molecule has 0 spiro atoms. The molecule has 0 aliphatic heterocycles. The molecule has 0 radical (unpaired) electrons. The molecule has 1 aromatic heterocycles. The van der Waals surface area contributed by atoms with Crippen LogP contribution in [0.2, 0.25) is 10.0 Å². The van der Waals surface area contributed by atoms with E-state index in [9.17, 15) is 19.7 Å². The molecular formula is C23H24Cl2N6O4S. The third kappa shape index (κ3) is 6.54. The topological polar surface area (TPSA) is 132 Å². The number of nitrogens with one attached hydrogen (secondary N) is 2. The molecule has 2 amide bonds. The van der Waals surface area contributed by atoms with Gasteiger partial charge in [0.2, 0.25) is 5.91 Å². The number of rotatable bonds is 9. The summed E-state index contributed by atoms with van der Waals surface area (Å²) in [7, 11) is 1.75. The van der Waals surface area contributed by atoms with Gasteiger partial charge in [-0.05, 0) is 36.6 Å². The van der Waals surface area contributed by atoms with Crippen LogP contribution in [0.1, 0.15) is 41.6 Å². The van der Waals surface area contributed by atoms with Gasteiger partial charge in [-0.15, -0.1) is 10.2 Å². The zero-order valence-electron chi connectivity index (χ0n) is 19.9. The SMILES string of the molecule is Cc1ccc([N+](=O)[O-])cc1NC(=O)CSc1nnc([C@H](NC(=O)c2ccc(Cl)cc2Cl)C(C)C)n1C. The second kappa shape index (κ2) is 11.7. The highest BCUT2D eigenvalue weighted by Crippen LogP contribution is 2.27. The number of nitrogens with zero attached hydrogens (tertiary/aromatic N) is 4. The van der Waals surface area contributed by atoms with Crippen LogP contribution < -0.4 is 10.6 Å². The lowest BCUT2D eigenvalue weighted by molar-refractivity contribution is -0.384. The smallest absolute Gasteiger partial charge is 0.271 e. The van der Waals surface area contributed by atoms with Gasteiger partial charge in [0.1, 0.15) is 0 Å². The average molecular weight is 551 g/mol. The van der Waals surface area contributed by atoms with Gasteiger partial charge in [-0.1, -0.05) is 54.9 Å². The number of aromatic nitrogens is 3. The Bertz CT molecular complexity index is 1310. The number of nitro groups is 1. The first-order valence-corrected chi connectivity index (χ1v) is 12.5. The van der Waals surface area contributed by atoms with Gasteiger partial charge < -0.3 is 15.2 Å². The molecule has 1 atom stereocenters. The zero-order chi connectivity index (χ0) is 26.6. The van der Waals surface area contributed by atoms with Crippen LogP contribution in [0.25, 0.3) is 0 Å². The molecule has 1 heterocycles. The number of amides is 2. The fourth-order valence-corrected chi connectivity index (χ4v) is 4.53. The monoisotopic (exact) mass is 550 g/mol. The lowest BCUT2D eigenvalue weighted by Crippen LogP contribution is -2.33. The summed E-state index contributed by atoms with van der Waals surface area (Å²) in [5.41, 5.74) is 1.26. The number of hydrogen-bond acceptors (Lipinski definition) is 7. The van der Waals surface area contributed by atoms with Gasteiger partial charge >= 0.3 is 0 Å². The second-order valence-electron chi connectivity index (χ2n) is 8.31. The summed E-state index contributed by atoms with van der Waals surface area (Å²) in [5.74, 6) is -0.229. The van der Waals surface area contributed by atoms with Crippen LogP contribution >= 0.6 is 35.0 Å². The second-order valence-corrected chi connectivity index (χ2v) is 10.1. The number of nitro benzene ring substituents is 1. The van der Waals surface area contributed by atoms with Crippen molar-refractivity contribution < 1.29 is 14.5 Å². The number of aryl methyl sites for hydroxylation is 1. The van der Waals surface area contributed by atoms with Gasteiger partial charge in [0.25, 0.3) is 11.6 Å². The third-order valence-electron chi connectivity index (χ3n) is 5.31. The van der Waals surface area contributed by atoms with Crippen LogP contribution in [-0.4, -0.2) is 37.3 Å². The van der Waals surface area contributed by atoms with Crippen molar-refractivity contribution in [2.45, 2.75) is 32.0 Å². The van der Waals surface area contributed by atoms with E-state index < -0.39 is 11.0 Å². The van der Waals surface area contributed by atoms with Crippen molar-refractivity contribution in [1.82, 2.24) is 20.1 Å². The van der Waals surface area contributed by atoms with Crippen LogP contribution in [0.3, 0.4) is 0 Å². The molecule has 0 aliphatic rings. The highest BCUT2D eigenvalue weighted by atomic mass is 35.5. The first kappa shape index (κ1) is 27.4. The Morgan fingerprint density at radius 2 is 1.89 bits per heavy atom. The van der Waals surface area contributed by atoms with E-state index in [0.717, 1.165) is 11.8 Å². The molecule has 2 aromatic carbocycles. The molecule has 0 unspecified atom stereocenters. The molecule has 10 nitrogen and oxygen atoms in total. The van der Waals surface area contributed by atoms with E-state index in [4.69, 9.17) is 23.2 Å². The summed E-state index contributed by atoms with van der Waals surface area (Å²) in [4.78, 5) is 35.9. The largest absolute Gasteiger partial charge is 0.342 e. The fourth-order valence-electron chi connectivity index (χ4n) is 3.32. The third-order valence-corrected chi connectivity index (χ3v) is 6.88. The molecule has 0 bridgehead atoms. The maximum atomic E-state index is 12.9.